The molecule has 0 unspecified atom stereocenters. The molecule has 1 aromatic carbocycles. The quantitative estimate of drug-likeness (QED) is 0.528. The lowest BCUT2D eigenvalue weighted by Crippen LogP contribution is -2.04. The number of carbonyl (C=O) groups is 1. The maximum absolute atomic E-state index is 12.9. The van der Waals surface area contributed by atoms with E-state index in [0.29, 0.717) is 11.4 Å². The molecule has 0 radical (unpaired) electrons. The summed E-state index contributed by atoms with van der Waals surface area (Å²) >= 11 is 0. The minimum Gasteiger partial charge on any atom is -0.299 e. The summed E-state index contributed by atoms with van der Waals surface area (Å²) in [7, 11) is 0. The molecule has 0 amide bonds. The first kappa shape index (κ1) is 15.3. The Bertz CT molecular complexity index is 1030. The van der Waals surface area contributed by atoms with Crippen LogP contribution >= 0.6 is 0 Å². The summed E-state index contributed by atoms with van der Waals surface area (Å²) in [4.78, 5) is 21.7. The van der Waals surface area contributed by atoms with E-state index in [1.165, 1.54) is 5.56 Å². The zero-order valence-corrected chi connectivity index (χ0v) is 13.9. The molecule has 4 aromatic rings. The lowest BCUT2D eigenvalue weighted by Gasteiger charge is -2.02. The van der Waals surface area contributed by atoms with Gasteiger partial charge in [0.15, 0.2) is 0 Å². The van der Waals surface area contributed by atoms with E-state index >= 15 is 0 Å². The molecule has 4 heteroatoms. The first-order valence-electron chi connectivity index (χ1n) is 8.30. The van der Waals surface area contributed by atoms with E-state index in [9.17, 15) is 4.79 Å². The first-order valence-corrected chi connectivity index (χ1v) is 8.30. The second-order valence-electron chi connectivity index (χ2n) is 5.83. The maximum Gasteiger partial charge on any atom is 0.231 e. The van der Waals surface area contributed by atoms with Gasteiger partial charge in [0.1, 0.15) is 17.2 Å². The summed E-state index contributed by atoms with van der Waals surface area (Å²) in [6.45, 7) is 2.13. The third-order valence-electron chi connectivity index (χ3n) is 4.28. The van der Waals surface area contributed by atoms with Crippen molar-refractivity contribution in [2.24, 2.45) is 0 Å². The molecule has 122 valence electrons. The number of hydrogen-bond donors (Lipinski definition) is 0. The summed E-state index contributed by atoms with van der Waals surface area (Å²) in [5.41, 5.74) is 3.87. The highest BCUT2D eigenvalue weighted by molar-refractivity contribution is 6.11. The number of rotatable bonds is 4. The van der Waals surface area contributed by atoms with Crippen molar-refractivity contribution >= 4 is 11.3 Å². The SMILES string of the molecule is CCc1ccc(-c2nc(C(=O)c3ccccn3)c3ccccn23)cc1. The Morgan fingerprint density at radius 1 is 1.00 bits per heavy atom. The molecule has 0 fully saturated rings. The summed E-state index contributed by atoms with van der Waals surface area (Å²) in [6, 6.07) is 19.4. The van der Waals surface area contributed by atoms with Crippen molar-refractivity contribution in [1.82, 2.24) is 14.4 Å². The van der Waals surface area contributed by atoms with Gasteiger partial charge in [-0.25, -0.2) is 4.98 Å². The van der Waals surface area contributed by atoms with Gasteiger partial charge in [-0.15, -0.1) is 0 Å². The van der Waals surface area contributed by atoms with Gasteiger partial charge in [-0.05, 0) is 36.2 Å². The Kier molecular flexibility index (Phi) is 3.86. The number of nitrogens with zero attached hydrogens (tertiary/aromatic N) is 3. The van der Waals surface area contributed by atoms with Gasteiger partial charge in [0.05, 0.1) is 5.52 Å². The van der Waals surface area contributed by atoms with E-state index < -0.39 is 0 Å². The van der Waals surface area contributed by atoms with E-state index in [-0.39, 0.29) is 5.78 Å². The Morgan fingerprint density at radius 3 is 2.52 bits per heavy atom. The van der Waals surface area contributed by atoms with Crippen molar-refractivity contribution in [3.63, 3.8) is 0 Å². The van der Waals surface area contributed by atoms with E-state index in [0.717, 1.165) is 23.3 Å². The van der Waals surface area contributed by atoms with Crippen LogP contribution in [-0.4, -0.2) is 20.2 Å². The van der Waals surface area contributed by atoms with Crippen LogP contribution in [0.1, 0.15) is 28.7 Å². The number of imidazole rings is 1. The van der Waals surface area contributed by atoms with Crippen LogP contribution in [0.3, 0.4) is 0 Å². The highest BCUT2D eigenvalue weighted by Gasteiger charge is 2.20. The van der Waals surface area contributed by atoms with E-state index in [2.05, 4.69) is 41.2 Å². The number of fused-ring (bicyclic) bond motifs is 1. The molecule has 4 rings (SSSR count). The summed E-state index contributed by atoms with van der Waals surface area (Å²) in [5.74, 6) is 0.596. The minimum atomic E-state index is -0.166. The van der Waals surface area contributed by atoms with Crippen molar-refractivity contribution in [2.75, 3.05) is 0 Å². The second kappa shape index (κ2) is 6.32. The van der Waals surface area contributed by atoms with Gasteiger partial charge in [0.25, 0.3) is 0 Å². The minimum absolute atomic E-state index is 0.166. The molecule has 0 aliphatic heterocycles. The summed E-state index contributed by atoms with van der Waals surface area (Å²) in [6.07, 6.45) is 4.54. The Morgan fingerprint density at radius 2 is 1.80 bits per heavy atom. The molecular weight excluding hydrogens is 310 g/mol. The van der Waals surface area contributed by atoms with Crippen LogP contribution < -0.4 is 0 Å². The topological polar surface area (TPSA) is 47.3 Å². The third-order valence-corrected chi connectivity index (χ3v) is 4.28. The van der Waals surface area contributed by atoms with Crippen molar-refractivity contribution in [2.45, 2.75) is 13.3 Å². The summed E-state index contributed by atoms with van der Waals surface area (Å²) in [5, 5.41) is 0. The van der Waals surface area contributed by atoms with Crippen LogP contribution in [0.25, 0.3) is 16.9 Å². The molecule has 0 spiro atoms. The highest BCUT2D eigenvalue weighted by atomic mass is 16.1. The molecule has 25 heavy (non-hydrogen) atoms. The van der Waals surface area contributed by atoms with Gasteiger partial charge in [-0.3, -0.25) is 14.2 Å². The standard InChI is InChI=1S/C21H17N3O/c1-2-15-9-11-16(12-10-15)21-23-19(18-8-4-6-14-24(18)21)20(25)17-7-3-5-13-22-17/h3-14H,2H2,1H3. The molecule has 3 heterocycles. The van der Waals surface area contributed by atoms with Crippen molar-refractivity contribution < 1.29 is 4.79 Å². The van der Waals surface area contributed by atoms with Gasteiger partial charge in [0, 0.05) is 18.0 Å². The van der Waals surface area contributed by atoms with Gasteiger partial charge < -0.3 is 0 Å². The van der Waals surface area contributed by atoms with Crippen molar-refractivity contribution in [3.8, 4) is 11.4 Å². The van der Waals surface area contributed by atoms with Crippen LogP contribution in [0.15, 0.2) is 73.1 Å². The van der Waals surface area contributed by atoms with Gasteiger partial charge in [0.2, 0.25) is 5.78 Å². The lowest BCUT2D eigenvalue weighted by molar-refractivity contribution is 0.103. The van der Waals surface area contributed by atoms with Crippen molar-refractivity contribution in [1.29, 1.82) is 0 Å². The fourth-order valence-corrected chi connectivity index (χ4v) is 2.92. The predicted molar refractivity (Wildman–Crippen MR) is 97.7 cm³/mol. The average molecular weight is 327 g/mol. The molecule has 0 aliphatic rings. The molecule has 0 aliphatic carbocycles. The summed E-state index contributed by atoms with van der Waals surface area (Å²) < 4.78 is 1.96. The monoisotopic (exact) mass is 327 g/mol. The second-order valence-corrected chi connectivity index (χ2v) is 5.83. The molecule has 0 bridgehead atoms. The van der Waals surface area contributed by atoms with E-state index in [4.69, 9.17) is 0 Å². The molecule has 0 saturated heterocycles. The predicted octanol–water partition coefficient (Wildman–Crippen LogP) is 4.19. The van der Waals surface area contributed by atoms with Crippen LogP contribution in [0.5, 0.6) is 0 Å². The largest absolute Gasteiger partial charge is 0.299 e. The van der Waals surface area contributed by atoms with Crippen LogP contribution in [0.4, 0.5) is 0 Å². The highest BCUT2D eigenvalue weighted by Crippen LogP contribution is 2.24. The number of aryl methyl sites for hydroxylation is 1. The smallest absolute Gasteiger partial charge is 0.231 e. The fraction of sp³-hybridized carbons (Fsp3) is 0.0952. The van der Waals surface area contributed by atoms with Gasteiger partial charge >= 0.3 is 0 Å². The number of benzene rings is 1. The number of carbonyl (C=O) groups excluding carboxylic acids is 1. The number of pyridine rings is 2. The van der Waals surface area contributed by atoms with E-state index in [1.807, 2.05) is 34.9 Å². The number of hydrogen-bond acceptors (Lipinski definition) is 3. The van der Waals surface area contributed by atoms with Crippen LogP contribution in [0.2, 0.25) is 0 Å². The maximum atomic E-state index is 12.9. The number of aromatic nitrogens is 3. The fourth-order valence-electron chi connectivity index (χ4n) is 2.92. The molecular formula is C21H17N3O. The average Bonchev–Trinajstić information content (AvgIpc) is 3.08. The molecule has 3 aromatic heterocycles. The Hall–Kier alpha value is -3.27. The first-order chi connectivity index (χ1) is 12.3. The third kappa shape index (κ3) is 2.72. The lowest BCUT2D eigenvalue weighted by atomic mass is 10.1. The molecule has 0 saturated carbocycles. The normalized spacial score (nSPS) is 10.9. The van der Waals surface area contributed by atoms with Crippen LogP contribution in [0, 0.1) is 0 Å². The van der Waals surface area contributed by atoms with Gasteiger partial charge in [-0.2, -0.15) is 0 Å². The van der Waals surface area contributed by atoms with Crippen LogP contribution in [-0.2, 0) is 6.42 Å². The Balaban J connectivity index is 1.88. The van der Waals surface area contributed by atoms with E-state index in [1.54, 1.807) is 18.3 Å². The molecule has 0 atom stereocenters. The Labute approximate surface area is 145 Å². The number of ketones is 1. The zero-order valence-electron chi connectivity index (χ0n) is 13.9. The van der Waals surface area contributed by atoms with Gasteiger partial charge in [-0.1, -0.05) is 43.3 Å². The van der Waals surface area contributed by atoms with Crippen molar-refractivity contribution in [3.05, 3.63) is 90.0 Å². The molecule has 0 N–H and O–H groups in total. The molecule has 4 nitrogen and oxygen atoms in total. The zero-order chi connectivity index (χ0) is 17.2.